The molecule has 26 heteroatoms. The van der Waals surface area contributed by atoms with E-state index in [2.05, 4.69) is 41.9 Å². The van der Waals surface area contributed by atoms with Crippen molar-refractivity contribution < 1.29 is 57.4 Å². The van der Waals surface area contributed by atoms with Crippen LogP contribution >= 0.6 is 0 Å². The first-order chi connectivity index (χ1) is 41.0. The van der Waals surface area contributed by atoms with Gasteiger partial charge in [0.25, 0.3) is 23.6 Å². The molecular weight excluding hydrogens is 1110 g/mol. The second-order valence-electron chi connectivity index (χ2n) is 23.4. The molecule has 4 fully saturated rings. The molecule has 12 rings (SSSR count). The van der Waals surface area contributed by atoms with Crippen LogP contribution in [0.1, 0.15) is 85.0 Å². The quantitative estimate of drug-likeness (QED) is 0.0502. The number of esters is 2. The molecule has 446 valence electrons. The van der Waals surface area contributed by atoms with Gasteiger partial charge in [0.2, 0.25) is 35.0 Å². The minimum atomic E-state index is -0.624. The highest BCUT2D eigenvalue weighted by molar-refractivity contribution is 6.11. The molecule has 4 unspecified atom stereocenters. The average molecular weight is 1170 g/mol. The zero-order valence-corrected chi connectivity index (χ0v) is 48.5. The van der Waals surface area contributed by atoms with Gasteiger partial charge in [0.1, 0.15) is 11.8 Å². The van der Waals surface area contributed by atoms with E-state index in [9.17, 15) is 47.9 Å². The highest BCUT2D eigenvalue weighted by Crippen LogP contribution is 2.73. The molecule has 4 aromatic rings. The summed E-state index contributed by atoms with van der Waals surface area (Å²) in [4.78, 5) is 144. The number of methoxy groups -OCH3 is 2. The lowest BCUT2D eigenvalue weighted by Gasteiger charge is -2.30. The molecule has 0 aromatic carbocycles. The van der Waals surface area contributed by atoms with Gasteiger partial charge < -0.3 is 69.4 Å². The number of ketones is 2. The first-order valence-electron chi connectivity index (χ1n) is 28.4. The summed E-state index contributed by atoms with van der Waals surface area (Å²) >= 11 is 0. The fourth-order valence-electron chi connectivity index (χ4n) is 13.9. The van der Waals surface area contributed by atoms with E-state index in [1.165, 1.54) is 60.1 Å². The second kappa shape index (κ2) is 21.0. The molecule has 4 aromatic heterocycles. The summed E-state index contributed by atoms with van der Waals surface area (Å²) in [6.45, 7) is 4.50. The third-order valence-electron chi connectivity index (χ3n) is 18.0. The Hall–Kier alpha value is -9.88. The summed E-state index contributed by atoms with van der Waals surface area (Å²) < 4.78 is 16.6. The van der Waals surface area contributed by atoms with Gasteiger partial charge in [-0.05, 0) is 86.8 Å². The van der Waals surface area contributed by atoms with E-state index in [1.54, 1.807) is 83.8 Å². The van der Waals surface area contributed by atoms with Crippen molar-refractivity contribution in [3.05, 3.63) is 118 Å². The van der Waals surface area contributed by atoms with Gasteiger partial charge in [-0.2, -0.15) is 0 Å². The van der Waals surface area contributed by atoms with Crippen LogP contribution in [0.2, 0.25) is 0 Å². The number of allylic oxidation sites excluding steroid dienone is 4. The van der Waals surface area contributed by atoms with Crippen LogP contribution in [0, 0.1) is 34.5 Å². The molecule has 2 spiro atoms. The number of nitrogens with one attached hydrogen (secondary N) is 6. The lowest BCUT2D eigenvalue weighted by atomic mass is 9.77. The minimum Gasteiger partial charge on any atom is -0.468 e. The van der Waals surface area contributed by atoms with Crippen LogP contribution in [0.4, 0.5) is 23.0 Å². The summed E-state index contributed by atoms with van der Waals surface area (Å²) in [6.07, 6.45) is 17.8. The fraction of sp³-hybridized carbons (Fsp3) is 0.400. The predicted octanol–water partition coefficient (Wildman–Crippen LogP) is 3.20. The Morgan fingerprint density at radius 1 is 0.593 bits per heavy atom. The van der Waals surface area contributed by atoms with Crippen LogP contribution in [-0.2, 0) is 76.0 Å². The van der Waals surface area contributed by atoms with Gasteiger partial charge in [-0.15, -0.1) is 0 Å². The molecule has 8 heterocycles. The Kier molecular flexibility index (Phi) is 13.8. The minimum absolute atomic E-state index is 0.0191. The van der Waals surface area contributed by atoms with Gasteiger partial charge in [0, 0.05) is 149 Å². The number of carbonyl (C=O) groups excluding carboxylic acids is 10. The number of nitrogens with zero attached hydrogens (tertiary/aromatic N) is 8. The van der Waals surface area contributed by atoms with E-state index in [0.29, 0.717) is 71.5 Å². The zero-order valence-electron chi connectivity index (χ0n) is 48.5. The van der Waals surface area contributed by atoms with Crippen molar-refractivity contribution in [2.24, 2.45) is 62.7 Å². The van der Waals surface area contributed by atoms with Crippen molar-refractivity contribution in [3.8, 4) is 0 Å². The molecule has 2 saturated heterocycles. The van der Waals surface area contributed by atoms with E-state index in [1.807, 2.05) is 13.8 Å². The van der Waals surface area contributed by atoms with Crippen LogP contribution < -0.4 is 31.9 Å². The third kappa shape index (κ3) is 9.42. The van der Waals surface area contributed by atoms with Crippen LogP contribution in [0.25, 0.3) is 12.2 Å². The number of carbonyl (C=O) groups is 10. The fourth-order valence-corrected chi connectivity index (χ4v) is 13.9. The van der Waals surface area contributed by atoms with E-state index >= 15 is 0 Å². The van der Waals surface area contributed by atoms with Crippen LogP contribution in [0.5, 0.6) is 0 Å². The van der Waals surface area contributed by atoms with Crippen molar-refractivity contribution >= 4 is 94.1 Å². The number of anilines is 4. The van der Waals surface area contributed by atoms with Gasteiger partial charge in [-0.1, -0.05) is 0 Å². The van der Waals surface area contributed by atoms with Gasteiger partial charge in [0.15, 0.2) is 11.6 Å². The number of aromatic nitrogens is 6. The first kappa shape index (κ1) is 56.6. The summed E-state index contributed by atoms with van der Waals surface area (Å²) in [7, 11) is 9.39. The molecular formula is C60H64N14O12. The summed E-state index contributed by atoms with van der Waals surface area (Å²) in [6, 6.07) is 2.73. The molecule has 26 nitrogen and oxygen atoms in total. The molecule has 0 bridgehead atoms. The molecule has 8 aliphatic rings. The summed E-state index contributed by atoms with van der Waals surface area (Å²) in [5, 5.41) is 17.4. The Morgan fingerprint density at radius 2 is 0.988 bits per heavy atom. The first-order valence-corrected chi connectivity index (χ1v) is 28.4. The van der Waals surface area contributed by atoms with E-state index < -0.39 is 46.4 Å². The number of hydrogen-bond acceptors (Lipinski definition) is 16. The average Bonchev–Trinajstić information content (AvgIpc) is 1.51. The Labute approximate surface area is 492 Å². The predicted molar refractivity (Wildman–Crippen MR) is 308 cm³/mol. The smallest absolute Gasteiger partial charge is 0.315 e. The molecule has 4 aliphatic carbocycles. The van der Waals surface area contributed by atoms with Gasteiger partial charge in [0.05, 0.1) is 37.0 Å². The Balaban J connectivity index is 0.576. The molecule has 6 amide bonds. The topological polar surface area (TPSA) is 313 Å². The molecule has 4 aliphatic heterocycles. The molecule has 0 radical (unpaired) electrons. The SMILES string of the molecule is COC(=O)C1C2=C(NC1C)C(=O)C=C1N(C(=O)/C=C/c3cc(NC(=O)c4nc(NC(=O)CCCCC(=O)Nc5cn(C)c(C(=O)Nc6cc(/C=C/C(=O)N7C[C@H]8C[C@@]89C7=CC(=O)C7=C9C(C(=O)OC)C(C)N7)n(C)c6)n5)cn4C)cn3C)C[C@H]3C[C@]123. The van der Waals surface area contributed by atoms with Gasteiger partial charge in [-0.25, -0.2) is 9.97 Å². The standard InChI is InChI=1S/C60H64N14O12/c1-29-47(57(83)85-7)49-51(61-29)37(75)19-39-59(49)21-31(59)23-73(39)45(79)15-13-35-17-33(25-69(35)3)63-55(81)53-67-41(27-71(53)5)65-43(77)11-9-10-12-44(78)66-42-28-72(6)54(68-42)56(82)64-34-18-36(70(4)26-34)14-16-46(80)74-24-32-22-60(32)40(74)20-38(76)52-50(60)48(30(2)62-52)58(84)86-8/h13-20,25-32,47-48,61-62H,9-12,21-24H2,1-8H3,(H,63,81)(H,64,82)(H,65,77)(H,66,78)/b15-13+,16-14+/t29?,30?,31-,32-,47?,48?,59+,60+/m1/s1. The van der Waals surface area contributed by atoms with Gasteiger partial charge >= 0.3 is 11.9 Å². The number of amides is 6. The van der Waals surface area contributed by atoms with E-state index in [-0.39, 0.29) is 95.2 Å². The van der Waals surface area contributed by atoms with Crippen molar-refractivity contribution in [2.75, 3.05) is 48.6 Å². The van der Waals surface area contributed by atoms with Crippen LogP contribution in [0.3, 0.4) is 0 Å². The van der Waals surface area contributed by atoms with Crippen LogP contribution in [-0.4, -0.2) is 136 Å². The van der Waals surface area contributed by atoms with Gasteiger partial charge in [-0.3, -0.25) is 47.9 Å². The molecule has 86 heavy (non-hydrogen) atoms. The number of likely N-dealkylation sites (tertiary alicyclic amines) is 2. The van der Waals surface area contributed by atoms with Crippen molar-refractivity contribution in [3.63, 3.8) is 0 Å². The zero-order chi connectivity index (χ0) is 61.0. The summed E-state index contributed by atoms with van der Waals surface area (Å²) in [5.74, 6) is -4.61. The number of hydrogen-bond donors (Lipinski definition) is 6. The number of aryl methyl sites for hydroxylation is 4. The third-order valence-corrected chi connectivity index (χ3v) is 18.0. The molecule has 8 atom stereocenters. The number of piperidine rings is 2. The maximum atomic E-state index is 13.7. The van der Waals surface area contributed by atoms with Crippen molar-refractivity contribution in [1.29, 1.82) is 0 Å². The number of imidazole rings is 2. The lowest BCUT2D eigenvalue weighted by Crippen LogP contribution is -2.34. The number of ether oxygens (including phenoxy) is 2. The Bertz CT molecular complexity index is 3670. The lowest BCUT2D eigenvalue weighted by molar-refractivity contribution is -0.145. The molecule has 2 saturated carbocycles. The normalized spacial score (nSPS) is 25.3. The maximum absolute atomic E-state index is 13.7. The van der Waals surface area contributed by atoms with E-state index in [0.717, 1.165) is 24.0 Å². The number of rotatable bonds is 17. The number of unbranched alkanes of at least 4 members (excludes halogenated alkanes) is 1. The highest BCUT2D eigenvalue weighted by Gasteiger charge is 2.72. The van der Waals surface area contributed by atoms with Crippen LogP contribution in [0.15, 0.2) is 95.2 Å². The molecule has 6 N–H and O–H groups in total. The summed E-state index contributed by atoms with van der Waals surface area (Å²) in [5.41, 5.74) is 4.44. The Morgan fingerprint density at radius 3 is 1.37 bits per heavy atom. The van der Waals surface area contributed by atoms with Crippen molar-refractivity contribution in [1.82, 2.24) is 48.7 Å². The van der Waals surface area contributed by atoms with Crippen molar-refractivity contribution in [2.45, 2.75) is 64.5 Å². The van der Waals surface area contributed by atoms with E-state index in [4.69, 9.17) is 9.47 Å². The maximum Gasteiger partial charge on any atom is 0.315 e. The largest absolute Gasteiger partial charge is 0.468 e. The highest BCUT2D eigenvalue weighted by atomic mass is 16.5. The second-order valence-corrected chi connectivity index (χ2v) is 23.4. The monoisotopic (exact) mass is 1170 g/mol.